The fourth-order valence-electron chi connectivity index (χ4n) is 6.03. The minimum Gasteiger partial charge on any atom is -0.510 e. The monoisotopic (exact) mass is 764 g/mol. The minimum atomic E-state index is -1.77. The summed E-state index contributed by atoms with van der Waals surface area (Å²) in [6, 6.07) is 40.4. The summed E-state index contributed by atoms with van der Waals surface area (Å²) in [5.41, 5.74) is 4.34. The molecule has 1 unspecified atom stereocenters. The van der Waals surface area contributed by atoms with E-state index in [9.17, 15) is 10.2 Å². The summed E-state index contributed by atoms with van der Waals surface area (Å²) in [5, 5.41) is 24.1. The van der Waals surface area contributed by atoms with Crippen LogP contribution < -0.4 is 9.47 Å². The maximum atomic E-state index is 12.4. The largest absolute Gasteiger partial charge is 0.510 e. The molecule has 0 amide bonds. The molecule has 0 saturated heterocycles. The number of hydrogen-bond acceptors (Lipinski definition) is 8. The molecule has 268 valence electrons. The van der Waals surface area contributed by atoms with Gasteiger partial charge in [-0.3, -0.25) is 0 Å². The van der Waals surface area contributed by atoms with Crippen LogP contribution in [-0.2, 0) is 45.4 Å². The molecule has 0 spiro atoms. The summed E-state index contributed by atoms with van der Waals surface area (Å²) in [6.45, 7) is 2.32. The lowest BCUT2D eigenvalue weighted by Crippen LogP contribution is -2.50. The summed E-state index contributed by atoms with van der Waals surface area (Å²) in [7, 11) is 2.95. The number of benzene rings is 5. The number of aliphatic hydroxyl groups is 1. The zero-order valence-electron chi connectivity index (χ0n) is 29.3. The molecule has 0 aliphatic heterocycles. The average Bonchev–Trinajstić information content (AvgIpc) is 3.19. The van der Waals surface area contributed by atoms with Crippen molar-refractivity contribution >= 4 is 21.5 Å². The summed E-state index contributed by atoms with van der Waals surface area (Å²) < 4.78 is 38.6. The molecule has 0 radical (unpaired) electrons. The van der Waals surface area contributed by atoms with Crippen LogP contribution in [-0.4, -0.2) is 35.0 Å². The molecular weight excluding hydrogens is 724 g/mol. The molecule has 2 N–H and O–H groups in total. The van der Waals surface area contributed by atoms with Crippen molar-refractivity contribution in [3.8, 4) is 17.2 Å². The van der Waals surface area contributed by atoms with Gasteiger partial charge in [-0.2, -0.15) is 0 Å². The molecule has 5 aromatic carbocycles. The van der Waals surface area contributed by atoms with Crippen molar-refractivity contribution < 1.29 is 38.6 Å². The van der Waals surface area contributed by atoms with E-state index in [1.54, 1.807) is 13.0 Å². The molecule has 0 heterocycles. The molecule has 1 aliphatic carbocycles. The van der Waals surface area contributed by atoms with Crippen LogP contribution >= 0.6 is 15.9 Å². The second-order valence-corrected chi connectivity index (χ2v) is 13.1. The van der Waals surface area contributed by atoms with Crippen LogP contribution in [0.5, 0.6) is 17.2 Å². The van der Waals surface area contributed by atoms with Crippen molar-refractivity contribution in [3.63, 3.8) is 0 Å². The van der Waals surface area contributed by atoms with E-state index in [4.69, 9.17) is 28.4 Å². The van der Waals surface area contributed by atoms with Gasteiger partial charge in [0, 0.05) is 0 Å². The van der Waals surface area contributed by atoms with Crippen LogP contribution in [0.2, 0.25) is 0 Å². The fraction of sp³-hybridized carbons (Fsp3) is 0.209. The van der Waals surface area contributed by atoms with Crippen molar-refractivity contribution in [1.82, 2.24) is 0 Å². The zero-order valence-corrected chi connectivity index (χ0v) is 30.8. The van der Waals surface area contributed by atoms with Crippen LogP contribution in [0.25, 0.3) is 5.57 Å². The molecule has 1 atom stereocenters. The number of rotatable bonds is 15. The van der Waals surface area contributed by atoms with Crippen molar-refractivity contribution in [2.75, 3.05) is 14.2 Å². The number of aryl methyl sites for hydroxylation is 1. The lowest BCUT2D eigenvalue weighted by atomic mass is 9.88. The normalized spacial score (nSPS) is 15.3. The number of allylic oxidation sites excluding steroid dienone is 1. The molecule has 0 saturated carbocycles. The highest BCUT2D eigenvalue weighted by atomic mass is 79.9. The summed E-state index contributed by atoms with van der Waals surface area (Å²) in [6.07, 6.45) is 0. The Morgan fingerprint density at radius 2 is 1.06 bits per heavy atom. The number of halogens is 1. The second kappa shape index (κ2) is 16.9. The molecule has 0 bridgehead atoms. The molecule has 0 fully saturated rings. The van der Waals surface area contributed by atoms with E-state index < -0.39 is 10.6 Å². The van der Waals surface area contributed by atoms with Gasteiger partial charge in [-0.15, -0.1) is 0 Å². The SMILES string of the molecule is COC1=C(OCc2ccccc2)C(OCc2ccccc2)(OCc2ccccc2)C(Br)C(O)=C1c1c(O)c(C)cc(OCc2ccccc2)c1OC. The van der Waals surface area contributed by atoms with Crippen LogP contribution in [0.3, 0.4) is 0 Å². The third kappa shape index (κ3) is 7.82. The fourth-order valence-corrected chi connectivity index (χ4v) is 6.73. The molecule has 9 heteroatoms. The predicted molar refractivity (Wildman–Crippen MR) is 203 cm³/mol. The van der Waals surface area contributed by atoms with Gasteiger partial charge in [-0.25, -0.2) is 0 Å². The van der Waals surface area contributed by atoms with Crippen molar-refractivity contribution in [2.24, 2.45) is 0 Å². The van der Waals surface area contributed by atoms with E-state index in [2.05, 4.69) is 15.9 Å². The van der Waals surface area contributed by atoms with E-state index in [0.29, 0.717) is 11.3 Å². The van der Waals surface area contributed by atoms with Crippen molar-refractivity contribution in [1.29, 1.82) is 0 Å². The predicted octanol–water partition coefficient (Wildman–Crippen LogP) is 9.54. The Hall–Kier alpha value is -5.22. The number of phenols is 1. The maximum Gasteiger partial charge on any atom is 0.252 e. The van der Waals surface area contributed by atoms with Crippen LogP contribution in [0, 0.1) is 6.92 Å². The molecule has 1 aliphatic rings. The standard InChI is InChI=1S/C43H41BrO8/c1-29-24-34(49-25-30-16-8-4-9-17-30)39(47-2)35(37(29)45)36-38(46)41(44)43(51-27-32-20-12-6-13-21-32,52-28-33-22-14-7-15-23-33)42(40(36)48-3)50-26-31-18-10-5-11-19-31/h4-24,41,45-46H,25-28H2,1-3H3. The molecule has 5 aromatic rings. The van der Waals surface area contributed by atoms with E-state index in [0.717, 1.165) is 22.3 Å². The van der Waals surface area contributed by atoms with Gasteiger partial charge in [0.1, 0.15) is 29.5 Å². The number of aliphatic hydroxyl groups excluding tert-OH is 1. The highest BCUT2D eigenvalue weighted by Crippen LogP contribution is 2.54. The molecule has 6 rings (SSSR count). The van der Waals surface area contributed by atoms with Crippen molar-refractivity contribution in [3.05, 3.63) is 178 Å². The smallest absolute Gasteiger partial charge is 0.252 e. The Morgan fingerprint density at radius 3 is 1.50 bits per heavy atom. The Kier molecular flexibility index (Phi) is 11.9. The number of aromatic hydroxyl groups is 1. The second-order valence-electron chi connectivity index (χ2n) is 12.2. The Morgan fingerprint density at radius 1 is 0.615 bits per heavy atom. The van der Waals surface area contributed by atoms with Crippen LogP contribution in [0.1, 0.15) is 33.4 Å². The van der Waals surface area contributed by atoms with E-state index >= 15 is 0 Å². The van der Waals surface area contributed by atoms with E-state index in [1.165, 1.54) is 14.2 Å². The highest BCUT2D eigenvalue weighted by Gasteiger charge is 2.55. The average molecular weight is 766 g/mol. The number of ether oxygens (including phenoxy) is 6. The van der Waals surface area contributed by atoms with Gasteiger partial charge in [0.05, 0.1) is 38.6 Å². The first-order valence-electron chi connectivity index (χ1n) is 16.8. The first kappa shape index (κ1) is 36.6. The first-order chi connectivity index (χ1) is 25.4. The number of phenolic OH excluding ortho intramolecular Hbond substituents is 1. The topological polar surface area (TPSA) is 95.8 Å². The van der Waals surface area contributed by atoms with Gasteiger partial charge in [0.15, 0.2) is 17.3 Å². The Balaban J connectivity index is 1.53. The Bertz CT molecular complexity index is 1950. The summed E-state index contributed by atoms with van der Waals surface area (Å²) in [5.74, 6) is -1.35. The third-order valence-electron chi connectivity index (χ3n) is 8.70. The third-order valence-corrected chi connectivity index (χ3v) is 9.74. The lowest BCUT2D eigenvalue weighted by molar-refractivity contribution is -0.246. The number of methoxy groups -OCH3 is 2. The van der Waals surface area contributed by atoms with Crippen LogP contribution in [0.4, 0.5) is 0 Å². The summed E-state index contributed by atoms with van der Waals surface area (Å²) in [4.78, 5) is -1.06. The zero-order chi connectivity index (χ0) is 36.5. The molecule has 8 nitrogen and oxygen atoms in total. The quantitative estimate of drug-likeness (QED) is 0.0804. The molecule has 0 aromatic heterocycles. The van der Waals surface area contributed by atoms with E-state index in [-0.39, 0.29) is 66.3 Å². The lowest BCUT2D eigenvalue weighted by Gasteiger charge is -2.42. The van der Waals surface area contributed by atoms with Crippen LogP contribution in [0.15, 0.2) is 145 Å². The van der Waals surface area contributed by atoms with Crippen molar-refractivity contribution in [2.45, 2.75) is 44.0 Å². The van der Waals surface area contributed by atoms with Gasteiger partial charge in [-0.05, 0) is 40.8 Å². The van der Waals surface area contributed by atoms with Gasteiger partial charge in [-0.1, -0.05) is 137 Å². The number of alkyl halides is 1. The number of hydrogen-bond donors (Lipinski definition) is 2. The first-order valence-corrected chi connectivity index (χ1v) is 17.7. The minimum absolute atomic E-state index is 0.0819. The van der Waals surface area contributed by atoms with Gasteiger partial charge in [0.2, 0.25) is 5.76 Å². The maximum absolute atomic E-state index is 12.4. The summed E-state index contributed by atoms with van der Waals surface area (Å²) >= 11 is 3.77. The van der Waals surface area contributed by atoms with Gasteiger partial charge in [0.25, 0.3) is 5.79 Å². The molecule has 52 heavy (non-hydrogen) atoms. The highest BCUT2D eigenvalue weighted by molar-refractivity contribution is 9.09. The molecular formula is C43H41BrO8. The van der Waals surface area contributed by atoms with Gasteiger partial charge >= 0.3 is 0 Å². The van der Waals surface area contributed by atoms with E-state index in [1.807, 2.05) is 121 Å². The Labute approximate surface area is 312 Å². The van der Waals surface area contributed by atoms with Gasteiger partial charge < -0.3 is 38.6 Å².